The highest BCUT2D eigenvalue weighted by Gasteiger charge is 2.13. The first-order chi connectivity index (χ1) is 16.1. The predicted molar refractivity (Wildman–Crippen MR) is 127 cm³/mol. The van der Waals surface area contributed by atoms with E-state index in [-0.39, 0.29) is 11.8 Å². The van der Waals surface area contributed by atoms with Crippen molar-refractivity contribution in [1.82, 2.24) is 15.0 Å². The van der Waals surface area contributed by atoms with Gasteiger partial charge >= 0.3 is 0 Å². The van der Waals surface area contributed by atoms with E-state index in [9.17, 15) is 9.59 Å². The van der Waals surface area contributed by atoms with Crippen LogP contribution in [-0.2, 0) is 4.79 Å². The maximum atomic E-state index is 12.4. The fourth-order valence-electron chi connectivity index (χ4n) is 3.10. The number of nitrogens with zero attached hydrogens (tertiary/aromatic N) is 3. The van der Waals surface area contributed by atoms with Crippen molar-refractivity contribution in [2.75, 3.05) is 23.1 Å². The fourth-order valence-corrected chi connectivity index (χ4v) is 3.10. The van der Waals surface area contributed by atoms with Gasteiger partial charge in [0.1, 0.15) is 23.7 Å². The predicted octanol–water partition coefficient (Wildman–Crippen LogP) is 4.15. The van der Waals surface area contributed by atoms with E-state index in [4.69, 9.17) is 4.74 Å². The number of aromatic nitrogens is 3. The third-order valence-corrected chi connectivity index (χ3v) is 4.72. The van der Waals surface area contributed by atoms with Gasteiger partial charge in [0, 0.05) is 28.9 Å². The second-order valence-corrected chi connectivity index (χ2v) is 6.86. The number of hydrogen-bond donors (Lipinski definition) is 3. The summed E-state index contributed by atoms with van der Waals surface area (Å²) in [6.07, 6.45) is 4.22. The van der Waals surface area contributed by atoms with Crippen molar-refractivity contribution < 1.29 is 14.3 Å². The molecule has 0 aliphatic heterocycles. The topological polar surface area (TPSA) is 118 Å². The molecule has 0 aliphatic carbocycles. The summed E-state index contributed by atoms with van der Waals surface area (Å²) in [6.45, 7) is 3.47. The molecule has 0 saturated heterocycles. The molecule has 164 valence electrons. The molecule has 0 bridgehead atoms. The van der Waals surface area contributed by atoms with Gasteiger partial charge in [0.15, 0.2) is 0 Å². The van der Waals surface area contributed by atoms with Gasteiger partial charge in [0.25, 0.3) is 5.91 Å². The molecule has 0 atom stereocenters. The number of amides is 2. The molecule has 4 aromatic rings. The Morgan fingerprint density at radius 3 is 2.52 bits per heavy atom. The minimum atomic E-state index is -0.362. The van der Waals surface area contributed by atoms with Crippen LogP contribution in [0.5, 0.6) is 5.75 Å². The normalized spacial score (nSPS) is 10.3. The maximum Gasteiger partial charge on any atom is 0.256 e. The average Bonchev–Trinajstić information content (AvgIpc) is 2.85. The first-order valence-electron chi connectivity index (χ1n) is 9.93. The Hall–Kier alpha value is -4.79. The summed E-state index contributed by atoms with van der Waals surface area (Å²) in [5.41, 5.74) is 2.30. The highest BCUT2D eigenvalue weighted by molar-refractivity contribution is 6.04. The third-order valence-electron chi connectivity index (χ3n) is 4.72. The Kier molecular flexibility index (Phi) is 6.21. The van der Waals surface area contributed by atoms with Gasteiger partial charge in [-0.1, -0.05) is 12.6 Å². The lowest BCUT2D eigenvalue weighted by Gasteiger charge is -2.13. The number of pyridine rings is 1. The Morgan fingerprint density at radius 1 is 1.00 bits per heavy atom. The lowest BCUT2D eigenvalue weighted by molar-refractivity contribution is -0.111. The highest BCUT2D eigenvalue weighted by atomic mass is 16.5. The summed E-state index contributed by atoms with van der Waals surface area (Å²) in [4.78, 5) is 36.9. The van der Waals surface area contributed by atoms with Gasteiger partial charge in [0.05, 0.1) is 18.3 Å². The minimum absolute atomic E-state index is 0.262. The zero-order valence-corrected chi connectivity index (χ0v) is 17.7. The van der Waals surface area contributed by atoms with Crippen molar-refractivity contribution >= 4 is 45.7 Å². The average molecular weight is 440 g/mol. The summed E-state index contributed by atoms with van der Waals surface area (Å²) in [5, 5.41) is 9.37. The van der Waals surface area contributed by atoms with Crippen LogP contribution in [0.15, 0.2) is 79.8 Å². The first kappa shape index (κ1) is 21.4. The number of benzene rings is 2. The van der Waals surface area contributed by atoms with E-state index < -0.39 is 0 Å². The smallest absolute Gasteiger partial charge is 0.256 e. The lowest BCUT2D eigenvalue weighted by Crippen LogP contribution is -2.12. The summed E-state index contributed by atoms with van der Waals surface area (Å²) >= 11 is 0. The Balaban J connectivity index is 1.58. The van der Waals surface area contributed by atoms with Gasteiger partial charge in [-0.3, -0.25) is 9.59 Å². The molecule has 0 unspecified atom stereocenters. The molecule has 0 spiro atoms. The van der Waals surface area contributed by atoms with Crippen molar-refractivity contribution in [3.05, 3.63) is 85.3 Å². The van der Waals surface area contributed by atoms with E-state index in [0.717, 1.165) is 5.69 Å². The number of nitrogens with one attached hydrogen (secondary N) is 3. The van der Waals surface area contributed by atoms with Gasteiger partial charge in [-0.25, -0.2) is 15.0 Å². The molecule has 2 aromatic heterocycles. The molecular formula is C24H20N6O3. The minimum Gasteiger partial charge on any atom is -0.494 e. The van der Waals surface area contributed by atoms with Crippen LogP contribution in [-0.4, -0.2) is 33.9 Å². The second kappa shape index (κ2) is 9.56. The zero-order chi connectivity index (χ0) is 23.2. The number of anilines is 4. The van der Waals surface area contributed by atoms with Crippen LogP contribution in [0.3, 0.4) is 0 Å². The Bertz CT molecular complexity index is 1320. The van der Waals surface area contributed by atoms with Crippen molar-refractivity contribution in [3.63, 3.8) is 0 Å². The van der Waals surface area contributed by atoms with E-state index in [1.54, 1.807) is 60.8 Å². The summed E-state index contributed by atoms with van der Waals surface area (Å²) in [5.74, 6) is 0.848. The van der Waals surface area contributed by atoms with E-state index in [0.29, 0.717) is 39.5 Å². The highest BCUT2D eigenvalue weighted by Crippen LogP contribution is 2.33. The maximum absolute atomic E-state index is 12.4. The Labute approximate surface area is 189 Å². The van der Waals surface area contributed by atoms with Gasteiger partial charge < -0.3 is 20.7 Å². The Morgan fingerprint density at radius 2 is 1.82 bits per heavy atom. The summed E-state index contributed by atoms with van der Waals surface area (Å²) in [6, 6.07) is 15.7. The first-order valence-corrected chi connectivity index (χ1v) is 9.93. The number of carbonyl (C=O) groups is 2. The monoisotopic (exact) mass is 440 g/mol. The lowest BCUT2D eigenvalue weighted by atomic mass is 10.1. The van der Waals surface area contributed by atoms with Crippen LogP contribution in [0, 0.1) is 0 Å². The number of carbonyl (C=O) groups excluding carboxylic acids is 2. The van der Waals surface area contributed by atoms with Crippen molar-refractivity contribution in [2.45, 2.75) is 0 Å². The molecule has 2 heterocycles. The second-order valence-electron chi connectivity index (χ2n) is 6.86. The summed E-state index contributed by atoms with van der Waals surface area (Å²) < 4.78 is 5.36. The molecule has 0 aliphatic rings. The molecule has 2 aromatic carbocycles. The largest absolute Gasteiger partial charge is 0.494 e. The number of ether oxygens (including phenoxy) is 1. The van der Waals surface area contributed by atoms with Gasteiger partial charge in [0.2, 0.25) is 5.91 Å². The van der Waals surface area contributed by atoms with E-state index in [1.807, 2.05) is 0 Å². The number of fused-ring (bicyclic) bond motifs is 1. The van der Waals surface area contributed by atoms with Crippen molar-refractivity contribution in [2.24, 2.45) is 0 Å². The molecule has 9 heteroatoms. The summed E-state index contributed by atoms with van der Waals surface area (Å²) in [7, 11) is 1.51. The fraction of sp³-hybridized carbons (Fsp3) is 0.0417. The van der Waals surface area contributed by atoms with Crippen molar-refractivity contribution in [3.8, 4) is 5.75 Å². The SMILES string of the molecule is C=CC(=O)Nc1cc2c(Nc3ccc(C(=O)Nc4ccccn4)cc3)ncnc2cc1OC. The molecule has 9 nitrogen and oxygen atoms in total. The number of hydrogen-bond acceptors (Lipinski definition) is 7. The number of rotatable bonds is 7. The van der Waals surface area contributed by atoms with Crippen LogP contribution in [0.4, 0.5) is 23.0 Å². The molecule has 0 radical (unpaired) electrons. The van der Waals surface area contributed by atoms with Crippen molar-refractivity contribution in [1.29, 1.82) is 0 Å². The molecule has 0 fully saturated rings. The molecule has 33 heavy (non-hydrogen) atoms. The quantitative estimate of drug-likeness (QED) is 0.369. The van der Waals surface area contributed by atoms with E-state index >= 15 is 0 Å². The third kappa shape index (κ3) is 4.93. The molecule has 2 amide bonds. The zero-order valence-electron chi connectivity index (χ0n) is 17.7. The van der Waals surface area contributed by atoms with Gasteiger partial charge in [-0.15, -0.1) is 0 Å². The molecule has 0 saturated carbocycles. The molecule has 3 N–H and O–H groups in total. The van der Waals surface area contributed by atoms with Gasteiger partial charge in [-0.2, -0.15) is 0 Å². The number of methoxy groups -OCH3 is 1. The van der Waals surface area contributed by atoms with Crippen LogP contribution in [0.1, 0.15) is 10.4 Å². The van der Waals surface area contributed by atoms with Crippen LogP contribution in [0.25, 0.3) is 10.9 Å². The van der Waals surface area contributed by atoms with Crippen LogP contribution >= 0.6 is 0 Å². The van der Waals surface area contributed by atoms with E-state index in [1.165, 1.54) is 19.5 Å². The standard InChI is InChI=1S/C24H20N6O3/c1-3-22(31)29-19-12-17-18(13-20(19)33-2)26-14-27-23(17)28-16-9-7-15(8-10-16)24(32)30-21-6-4-5-11-25-21/h3-14H,1H2,2H3,(H,29,31)(H,25,30,32)(H,26,27,28). The van der Waals surface area contributed by atoms with Gasteiger partial charge in [-0.05, 0) is 48.5 Å². The van der Waals surface area contributed by atoms with Crippen LogP contribution < -0.4 is 20.7 Å². The molecular weight excluding hydrogens is 420 g/mol. The molecule has 4 rings (SSSR count). The van der Waals surface area contributed by atoms with E-state index in [2.05, 4.69) is 37.5 Å². The van der Waals surface area contributed by atoms with Crippen LogP contribution in [0.2, 0.25) is 0 Å².